The molecule has 1 unspecified atom stereocenters. The van der Waals surface area contributed by atoms with Gasteiger partial charge in [0, 0.05) is 12.1 Å². The fourth-order valence-corrected chi connectivity index (χ4v) is 2.25. The van der Waals surface area contributed by atoms with Gasteiger partial charge in [-0.2, -0.15) is 0 Å². The van der Waals surface area contributed by atoms with Crippen LogP contribution >= 0.6 is 0 Å². The molecule has 1 fully saturated rings. The van der Waals surface area contributed by atoms with Gasteiger partial charge in [0.1, 0.15) is 0 Å². The summed E-state index contributed by atoms with van der Waals surface area (Å²) in [4.78, 5) is 2.43. The third-order valence-electron chi connectivity index (χ3n) is 3.61. The summed E-state index contributed by atoms with van der Waals surface area (Å²) in [6, 6.07) is 1.35. The molecule has 1 aliphatic heterocycles. The van der Waals surface area contributed by atoms with E-state index in [4.69, 9.17) is 5.73 Å². The second-order valence-corrected chi connectivity index (χ2v) is 3.91. The molecule has 0 saturated carbocycles. The number of rotatable bonds is 1. The molecule has 0 aromatic rings. The zero-order valence-corrected chi connectivity index (χ0v) is 8.04. The summed E-state index contributed by atoms with van der Waals surface area (Å²) >= 11 is 0. The Labute approximate surface area is 69.8 Å². The van der Waals surface area contributed by atoms with Crippen molar-refractivity contribution in [3.63, 3.8) is 0 Å². The lowest BCUT2D eigenvalue weighted by Gasteiger charge is -2.21. The number of nitrogens with zero attached hydrogens (tertiary/aromatic N) is 1. The van der Waals surface area contributed by atoms with E-state index in [1.54, 1.807) is 0 Å². The highest BCUT2D eigenvalue weighted by atomic mass is 15.2. The van der Waals surface area contributed by atoms with Gasteiger partial charge in [0.2, 0.25) is 0 Å². The van der Waals surface area contributed by atoms with Crippen molar-refractivity contribution in [3.8, 4) is 0 Å². The first-order valence-electron chi connectivity index (χ1n) is 4.51. The van der Waals surface area contributed by atoms with Gasteiger partial charge in [0.15, 0.2) is 0 Å². The topological polar surface area (TPSA) is 29.3 Å². The van der Waals surface area contributed by atoms with Gasteiger partial charge in [0.25, 0.3) is 0 Å². The van der Waals surface area contributed by atoms with Crippen LogP contribution in [-0.4, -0.2) is 30.6 Å². The first-order chi connectivity index (χ1) is 5.09. The first-order valence-corrected chi connectivity index (χ1v) is 4.51. The maximum Gasteiger partial charge on any atom is 0.0110 e. The Morgan fingerprint density at radius 3 is 1.91 bits per heavy atom. The minimum absolute atomic E-state index is 0.657. The van der Waals surface area contributed by atoms with Crippen molar-refractivity contribution in [1.82, 2.24) is 4.90 Å². The van der Waals surface area contributed by atoms with Crippen molar-refractivity contribution in [2.45, 2.75) is 32.9 Å². The normalized spacial score (nSPS) is 46.6. The number of likely N-dealkylation sites (tertiary alicyclic amines) is 1. The van der Waals surface area contributed by atoms with Crippen LogP contribution in [0.2, 0.25) is 0 Å². The average molecular weight is 156 g/mol. The number of hydrogen-bond donors (Lipinski definition) is 1. The predicted octanol–water partition coefficient (Wildman–Crippen LogP) is 0.920. The van der Waals surface area contributed by atoms with Crippen LogP contribution in [0.1, 0.15) is 20.8 Å². The summed E-state index contributed by atoms with van der Waals surface area (Å²) in [5, 5.41) is 0. The summed E-state index contributed by atoms with van der Waals surface area (Å²) < 4.78 is 0. The third-order valence-corrected chi connectivity index (χ3v) is 3.61. The lowest BCUT2D eigenvalue weighted by molar-refractivity contribution is 0.247. The molecule has 2 N–H and O–H groups in total. The molecule has 0 amide bonds. The van der Waals surface area contributed by atoms with Gasteiger partial charge >= 0.3 is 0 Å². The Bertz CT molecular complexity index is 122. The second kappa shape index (κ2) is 3.11. The standard InChI is InChI=1S/C9H20N2/c1-6-7(2)11(4)8(3)9(6)5-10/h6-9H,5,10H2,1-4H3/t6-,7+,8?,9-/m1/s1. The minimum Gasteiger partial charge on any atom is -0.330 e. The molecule has 2 nitrogen and oxygen atoms in total. The highest BCUT2D eigenvalue weighted by Crippen LogP contribution is 2.32. The fourth-order valence-electron chi connectivity index (χ4n) is 2.25. The van der Waals surface area contributed by atoms with Gasteiger partial charge in [-0.3, -0.25) is 0 Å². The van der Waals surface area contributed by atoms with E-state index in [1.165, 1.54) is 0 Å². The van der Waals surface area contributed by atoms with Gasteiger partial charge in [-0.25, -0.2) is 0 Å². The zero-order chi connectivity index (χ0) is 8.59. The Balaban J connectivity index is 2.69. The summed E-state index contributed by atoms with van der Waals surface area (Å²) in [5.41, 5.74) is 5.71. The number of nitrogens with two attached hydrogens (primary N) is 1. The van der Waals surface area contributed by atoms with Gasteiger partial charge in [0.05, 0.1) is 0 Å². The molecule has 1 aliphatic rings. The lowest BCUT2D eigenvalue weighted by atomic mass is 9.90. The molecule has 11 heavy (non-hydrogen) atoms. The van der Waals surface area contributed by atoms with E-state index in [0.29, 0.717) is 18.0 Å². The van der Waals surface area contributed by atoms with Crippen LogP contribution in [0.25, 0.3) is 0 Å². The maximum absolute atomic E-state index is 5.71. The molecule has 0 radical (unpaired) electrons. The van der Waals surface area contributed by atoms with Crippen molar-refractivity contribution in [2.75, 3.05) is 13.6 Å². The van der Waals surface area contributed by atoms with E-state index in [1.807, 2.05) is 0 Å². The molecule has 1 heterocycles. The fraction of sp³-hybridized carbons (Fsp3) is 1.00. The zero-order valence-electron chi connectivity index (χ0n) is 8.04. The van der Waals surface area contributed by atoms with E-state index in [-0.39, 0.29) is 0 Å². The smallest absolute Gasteiger partial charge is 0.0110 e. The molecule has 0 aromatic carbocycles. The number of hydrogen-bond acceptors (Lipinski definition) is 2. The Hall–Kier alpha value is -0.0800. The third kappa shape index (κ3) is 1.30. The van der Waals surface area contributed by atoms with Crippen LogP contribution < -0.4 is 5.73 Å². The van der Waals surface area contributed by atoms with E-state index >= 15 is 0 Å². The van der Waals surface area contributed by atoms with E-state index in [9.17, 15) is 0 Å². The maximum atomic E-state index is 5.71. The van der Waals surface area contributed by atoms with Crippen LogP contribution in [-0.2, 0) is 0 Å². The molecule has 2 heteroatoms. The molecule has 1 rings (SSSR count). The van der Waals surface area contributed by atoms with Crippen molar-refractivity contribution < 1.29 is 0 Å². The van der Waals surface area contributed by atoms with Crippen molar-refractivity contribution in [2.24, 2.45) is 17.6 Å². The highest BCUT2D eigenvalue weighted by Gasteiger charge is 2.38. The SMILES string of the molecule is CC1[C@H](CN)[C@H](C)[C@H](C)N1C. The van der Waals surface area contributed by atoms with Crippen LogP contribution in [0, 0.1) is 11.8 Å². The van der Waals surface area contributed by atoms with Crippen LogP contribution in [0.4, 0.5) is 0 Å². The summed E-state index contributed by atoms with van der Waals surface area (Å²) in [6.45, 7) is 7.70. The molecular weight excluding hydrogens is 136 g/mol. The molecule has 0 aliphatic carbocycles. The van der Waals surface area contributed by atoms with Crippen LogP contribution in [0.3, 0.4) is 0 Å². The van der Waals surface area contributed by atoms with Gasteiger partial charge in [-0.15, -0.1) is 0 Å². The quantitative estimate of drug-likeness (QED) is 0.611. The average Bonchev–Trinajstić information content (AvgIpc) is 2.17. The predicted molar refractivity (Wildman–Crippen MR) is 48.4 cm³/mol. The highest BCUT2D eigenvalue weighted by molar-refractivity contribution is 4.92. The van der Waals surface area contributed by atoms with Gasteiger partial charge in [-0.1, -0.05) is 6.92 Å². The Kier molecular flexibility index (Phi) is 2.55. The summed E-state index contributed by atoms with van der Waals surface area (Å²) in [5.74, 6) is 1.44. The second-order valence-electron chi connectivity index (χ2n) is 3.91. The van der Waals surface area contributed by atoms with E-state index in [2.05, 4.69) is 32.7 Å². The molecule has 0 aromatic heterocycles. The van der Waals surface area contributed by atoms with E-state index in [0.717, 1.165) is 12.5 Å². The molecule has 4 atom stereocenters. The lowest BCUT2D eigenvalue weighted by Crippen LogP contribution is -2.31. The molecule has 0 spiro atoms. The molecule has 1 saturated heterocycles. The minimum atomic E-state index is 0.657. The molecule has 66 valence electrons. The van der Waals surface area contributed by atoms with E-state index < -0.39 is 0 Å². The van der Waals surface area contributed by atoms with Crippen molar-refractivity contribution in [1.29, 1.82) is 0 Å². The van der Waals surface area contributed by atoms with Crippen LogP contribution in [0.15, 0.2) is 0 Å². The first kappa shape index (κ1) is 9.01. The molecular formula is C9H20N2. The molecule has 0 bridgehead atoms. The summed E-state index contributed by atoms with van der Waals surface area (Å²) in [6.07, 6.45) is 0. The van der Waals surface area contributed by atoms with Crippen LogP contribution in [0.5, 0.6) is 0 Å². The Morgan fingerprint density at radius 2 is 1.73 bits per heavy atom. The van der Waals surface area contributed by atoms with Gasteiger partial charge in [-0.05, 0) is 39.3 Å². The largest absolute Gasteiger partial charge is 0.330 e. The Morgan fingerprint density at radius 1 is 1.18 bits per heavy atom. The summed E-state index contributed by atoms with van der Waals surface area (Å²) in [7, 11) is 2.20. The van der Waals surface area contributed by atoms with Gasteiger partial charge < -0.3 is 10.6 Å². The monoisotopic (exact) mass is 156 g/mol. The van der Waals surface area contributed by atoms with Crippen molar-refractivity contribution in [3.05, 3.63) is 0 Å². The van der Waals surface area contributed by atoms with Crippen molar-refractivity contribution >= 4 is 0 Å².